The highest BCUT2D eigenvalue weighted by Gasteiger charge is 2.35. The van der Waals surface area contributed by atoms with Crippen LogP contribution in [0.1, 0.15) is 16.2 Å². The van der Waals surface area contributed by atoms with Crippen LogP contribution in [0, 0.1) is 10.1 Å². The molecule has 0 saturated heterocycles. The molecule has 0 radical (unpaired) electrons. The van der Waals surface area contributed by atoms with Gasteiger partial charge in [-0.2, -0.15) is 18.3 Å². The van der Waals surface area contributed by atoms with E-state index in [1.807, 2.05) is 0 Å². The predicted octanol–water partition coefficient (Wildman–Crippen LogP) is 3.25. The van der Waals surface area contributed by atoms with Gasteiger partial charge in [0.05, 0.1) is 4.92 Å². The Morgan fingerprint density at radius 2 is 2.04 bits per heavy atom. The van der Waals surface area contributed by atoms with Gasteiger partial charge >= 0.3 is 6.18 Å². The van der Waals surface area contributed by atoms with Crippen molar-refractivity contribution in [3.8, 4) is 0 Å². The number of carbonyl (C=O) groups excluding carboxylic acids is 1. The minimum Gasteiger partial charge on any atom is -0.315 e. The van der Waals surface area contributed by atoms with Crippen molar-refractivity contribution in [2.75, 3.05) is 5.32 Å². The Hall–Kier alpha value is -2.62. The van der Waals surface area contributed by atoms with Gasteiger partial charge in [0.2, 0.25) is 0 Å². The monoisotopic (exact) mass is 348 g/mol. The summed E-state index contributed by atoms with van der Waals surface area (Å²) in [4.78, 5) is 22.1. The van der Waals surface area contributed by atoms with Crippen LogP contribution >= 0.6 is 11.6 Å². The standard InChI is InChI=1S/C12H8ClF3N4O3/c1-19-10(12(14,15)16)5-8(18-19)11(21)17-7-3-2-6(13)4-9(7)20(22)23/h2-5H,1H3,(H,17,21). The second-order valence-corrected chi connectivity index (χ2v) is 4.85. The second kappa shape index (κ2) is 5.88. The number of benzene rings is 1. The lowest BCUT2D eigenvalue weighted by atomic mass is 10.2. The molecule has 0 aliphatic carbocycles. The Morgan fingerprint density at radius 3 is 2.57 bits per heavy atom. The van der Waals surface area contributed by atoms with Gasteiger partial charge in [-0.15, -0.1) is 0 Å². The summed E-state index contributed by atoms with van der Waals surface area (Å²) in [6, 6.07) is 4.03. The van der Waals surface area contributed by atoms with Crippen LogP contribution in [0.3, 0.4) is 0 Å². The second-order valence-electron chi connectivity index (χ2n) is 4.41. The summed E-state index contributed by atoms with van der Waals surface area (Å²) in [5.74, 6) is -1.01. The van der Waals surface area contributed by atoms with Gasteiger partial charge in [0, 0.05) is 24.2 Å². The molecule has 1 aromatic carbocycles. The van der Waals surface area contributed by atoms with Crippen molar-refractivity contribution in [3.63, 3.8) is 0 Å². The molecule has 0 aliphatic rings. The summed E-state index contributed by atoms with van der Waals surface area (Å²) in [6.07, 6.45) is -4.67. The number of anilines is 1. The number of hydrogen-bond donors (Lipinski definition) is 1. The van der Waals surface area contributed by atoms with E-state index in [4.69, 9.17) is 11.6 Å². The number of nitro groups is 1. The summed E-state index contributed by atoms with van der Waals surface area (Å²) >= 11 is 5.63. The van der Waals surface area contributed by atoms with Crippen molar-refractivity contribution in [1.29, 1.82) is 0 Å². The van der Waals surface area contributed by atoms with Crippen molar-refractivity contribution in [3.05, 3.63) is 50.8 Å². The van der Waals surface area contributed by atoms with Crippen LogP contribution < -0.4 is 5.32 Å². The van der Waals surface area contributed by atoms with Crippen molar-refractivity contribution in [2.45, 2.75) is 6.18 Å². The van der Waals surface area contributed by atoms with E-state index in [1.54, 1.807) is 0 Å². The van der Waals surface area contributed by atoms with Crippen molar-refractivity contribution in [2.24, 2.45) is 7.05 Å². The van der Waals surface area contributed by atoms with Gasteiger partial charge in [0.1, 0.15) is 11.4 Å². The summed E-state index contributed by atoms with van der Waals surface area (Å²) in [7, 11) is 1.03. The van der Waals surface area contributed by atoms with Crippen LogP contribution in [-0.2, 0) is 13.2 Å². The lowest BCUT2D eigenvalue weighted by molar-refractivity contribution is -0.383. The van der Waals surface area contributed by atoms with Crippen LogP contribution in [0.5, 0.6) is 0 Å². The molecule has 1 amide bonds. The number of carbonyl (C=O) groups is 1. The number of nitrogens with one attached hydrogen (secondary N) is 1. The molecule has 2 rings (SSSR count). The Bertz CT molecular complexity index is 788. The number of alkyl halides is 3. The fourth-order valence-electron chi connectivity index (χ4n) is 1.79. The number of hydrogen-bond acceptors (Lipinski definition) is 4. The summed E-state index contributed by atoms with van der Waals surface area (Å²) in [6.45, 7) is 0. The third-order valence-electron chi connectivity index (χ3n) is 2.81. The van der Waals surface area contributed by atoms with E-state index in [9.17, 15) is 28.1 Å². The first-order chi connectivity index (χ1) is 10.6. The normalized spacial score (nSPS) is 11.3. The summed E-state index contributed by atoms with van der Waals surface area (Å²) < 4.78 is 38.5. The number of rotatable bonds is 3. The maximum atomic E-state index is 12.7. The van der Waals surface area contributed by atoms with E-state index < -0.39 is 34.1 Å². The van der Waals surface area contributed by atoms with Crippen LogP contribution in [0.2, 0.25) is 5.02 Å². The molecule has 0 fully saturated rings. The average Bonchev–Trinajstić information content (AvgIpc) is 2.82. The van der Waals surface area contributed by atoms with E-state index in [2.05, 4.69) is 10.4 Å². The molecule has 1 N–H and O–H groups in total. The fraction of sp³-hybridized carbons (Fsp3) is 0.167. The van der Waals surface area contributed by atoms with Gasteiger partial charge in [-0.3, -0.25) is 19.6 Å². The molecule has 0 aliphatic heterocycles. The number of aryl methyl sites for hydroxylation is 1. The third kappa shape index (κ3) is 3.59. The number of nitro benzene ring substituents is 1. The number of aromatic nitrogens is 2. The van der Waals surface area contributed by atoms with E-state index in [1.165, 1.54) is 12.1 Å². The van der Waals surface area contributed by atoms with E-state index in [0.717, 1.165) is 13.1 Å². The van der Waals surface area contributed by atoms with Crippen LogP contribution in [0.15, 0.2) is 24.3 Å². The Morgan fingerprint density at radius 1 is 1.39 bits per heavy atom. The van der Waals surface area contributed by atoms with Gasteiger partial charge in [-0.05, 0) is 12.1 Å². The molecular formula is C12H8ClF3N4O3. The largest absolute Gasteiger partial charge is 0.433 e. The molecule has 0 spiro atoms. The molecule has 1 aromatic heterocycles. The van der Waals surface area contributed by atoms with Gasteiger partial charge in [-0.25, -0.2) is 0 Å². The Balaban J connectivity index is 2.32. The summed E-state index contributed by atoms with van der Waals surface area (Å²) in [5.41, 5.74) is -2.33. The zero-order valence-electron chi connectivity index (χ0n) is 11.4. The highest BCUT2D eigenvalue weighted by atomic mass is 35.5. The first-order valence-corrected chi connectivity index (χ1v) is 6.34. The molecule has 122 valence electrons. The Labute approximate surface area is 131 Å². The molecule has 0 unspecified atom stereocenters. The van der Waals surface area contributed by atoms with E-state index in [0.29, 0.717) is 10.7 Å². The zero-order valence-corrected chi connectivity index (χ0v) is 12.1. The SMILES string of the molecule is Cn1nc(C(=O)Nc2ccc(Cl)cc2[N+](=O)[O-])cc1C(F)(F)F. The molecule has 0 atom stereocenters. The molecule has 2 aromatic rings. The minimum absolute atomic E-state index is 0.0758. The third-order valence-corrected chi connectivity index (χ3v) is 3.04. The maximum absolute atomic E-state index is 12.7. The molecule has 7 nitrogen and oxygen atoms in total. The first kappa shape index (κ1) is 16.7. The van der Waals surface area contributed by atoms with E-state index in [-0.39, 0.29) is 10.7 Å². The zero-order chi connectivity index (χ0) is 17.4. The smallest absolute Gasteiger partial charge is 0.315 e. The highest BCUT2D eigenvalue weighted by Crippen LogP contribution is 2.30. The Kier molecular flexibility index (Phi) is 4.28. The minimum atomic E-state index is -4.67. The van der Waals surface area contributed by atoms with E-state index >= 15 is 0 Å². The first-order valence-electron chi connectivity index (χ1n) is 5.96. The molecule has 0 saturated carbocycles. The van der Waals surface area contributed by atoms with Crippen LogP contribution in [0.25, 0.3) is 0 Å². The quantitative estimate of drug-likeness (QED) is 0.681. The van der Waals surface area contributed by atoms with Gasteiger partial charge in [-0.1, -0.05) is 11.6 Å². The maximum Gasteiger partial charge on any atom is 0.433 e. The molecule has 23 heavy (non-hydrogen) atoms. The lowest BCUT2D eigenvalue weighted by Crippen LogP contribution is -2.14. The van der Waals surface area contributed by atoms with Gasteiger partial charge < -0.3 is 5.32 Å². The fourth-order valence-corrected chi connectivity index (χ4v) is 1.96. The van der Waals surface area contributed by atoms with Crippen molar-refractivity contribution < 1.29 is 22.9 Å². The number of halogens is 4. The molecule has 1 heterocycles. The van der Waals surface area contributed by atoms with Crippen molar-refractivity contribution in [1.82, 2.24) is 9.78 Å². The predicted molar refractivity (Wildman–Crippen MR) is 74.3 cm³/mol. The van der Waals surface area contributed by atoms with Gasteiger partial charge in [0.25, 0.3) is 11.6 Å². The van der Waals surface area contributed by atoms with Gasteiger partial charge in [0.15, 0.2) is 5.69 Å². The lowest BCUT2D eigenvalue weighted by Gasteiger charge is -2.04. The molecular weight excluding hydrogens is 341 g/mol. The summed E-state index contributed by atoms with van der Waals surface area (Å²) in [5, 5.41) is 16.6. The topological polar surface area (TPSA) is 90.1 Å². The van der Waals surface area contributed by atoms with Crippen LogP contribution in [0.4, 0.5) is 24.5 Å². The van der Waals surface area contributed by atoms with Crippen LogP contribution in [-0.4, -0.2) is 20.6 Å². The number of amides is 1. The molecule has 11 heteroatoms. The van der Waals surface area contributed by atoms with Crippen molar-refractivity contribution >= 4 is 28.9 Å². The number of nitrogens with zero attached hydrogens (tertiary/aromatic N) is 3. The highest BCUT2D eigenvalue weighted by molar-refractivity contribution is 6.31. The average molecular weight is 349 g/mol. The molecule has 0 bridgehead atoms.